The number of amides is 1. The van der Waals surface area contributed by atoms with Crippen molar-refractivity contribution in [3.8, 4) is 0 Å². The van der Waals surface area contributed by atoms with E-state index in [1.54, 1.807) is 6.20 Å². The van der Waals surface area contributed by atoms with Gasteiger partial charge in [0.25, 0.3) is 5.91 Å². The summed E-state index contributed by atoms with van der Waals surface area (Å²) in [5.74, 6) is 0.416. The summed E-state index contributed by atoms with van der Waals surface area (Å²) >= 11 is 1.51. The molecule has 0 saturated heterocycles. The van der Waals surface area contributed by atoms with Crippen molar-refractivity contribution in [1.82, 2.24) is 14.7 Å². The standard InChI is InChI=1S/C17H23N3O3S/c1-11-4-3-5-14(12(11)2)19-15(21)10-23-16(22)8-13-9-20-6-7-24-17(20)18-13/h6-7,9,11-12,14H,3-5,8,10H2,1-2H3,(H,19,21)/t11-,12+,14+/m0/s1. The molecule has 24 heavy (non-hydrogen) atoms. The normalized spacial score (nSPS) is 24.0. The Labute approximate surface area is 145 Å². The topological polar surface area (TPSA) is 72.7 Å². The molecule has 2 heterocycles. The molecule has 3 rings (SSSR count). The van der Waals surface area contributed by atoms with E-state index in [1.165, 1.54) is 17.8 Å². The highest BCUT2D eigenvalue weighted by Gasteiger charge is 2.28. The quantitative estimate of drug-likeness (QED) is 0.842. The van der Waals surface area contributed by atoms with Gasteiger partial charge in [-0.3, -0.25) is 14.0 Å². The highest BCUT2D eigenvalue weighted by Crippen LogP contribution is 2.29. The Kier molecular flexibility index (Phi) is 5.18. The lowest BCUT2D eigenvalue weighted by molar-refractivity contribution is -0.148. The van der Waals surface area contributed by atoms with E-state index in [1.807, 2.05) is 16.0 Å². The Morgan fingerprint density at radius 1 is 1.42 bits per heavy atom. The highest BCUT2D eigenvalue weighted by molar-refractivity contribution is 7.15. The monoisotopic (exact) mass is 349 g/mol. The average Bonchev–Trinajstić information content (AvgIpc) is 3.11. The fourth-order valence-electron chi connectivity index (χ4n) is 3.24. The molecule has 1 saturated carbocycles. The van der Waals surface area contributed by atoms with Crippen molar-refractivity contribution < 1.29 is 14.3 Å². The molecule has 1 N–H and O–H groups in total. The Morgan fingerprint density at radius 2 is 2.25 bits per heavy atom. The molecule has 1 aliphatic carbocycles. The van der Waals surface area contributed by atoms with Crippen LogP contribution in [0.5, 0.6) is 0 Å². The summed E-state index contributed by atoms with van der Waals surface area (Å²) in [6, 6.07) is 0.180. The van der Waals surface area contributed by atoms with Crippen LogP contribution in [0, 0.1) is 11.8 Å². The molecule has 0 unspecified atom stereocenters. The third-order valence-electron chi connectivity index (χ3n) is 4.89. The van der Waals surface area contributed by atoms with Gasteiger partial charge in [-0.1, -0.05) is 26.7 Å². The Morgan fingerprint density at radius 3 is 3.04 bits per heavy atom. The average molecular weight is 349 g/mol. The summed E-state index contributed by atoms with van der Waals surface area (Å²) in [4.78, 5) is 29.1. The SMILES string of the molecule is C[C@@H]1[C@@H](C)CCC[C@H]1NC(=O)COC(=O)Cc1cn2ccsc2n1. The van der Waals surface area contributed by atoms with Gasteiger partial charge in [0.1, 0.15) is 0 Å². The van der Waals surface area contributed by atoms with E-state index in [0.29, 0.717) is 17.5 Å². The summed E-state index contributed by atoms with van der Waals surface area (Å²) < 4.78 is 6.95. The number of carbonyl (C=O) groups is 2. The number of thiazole rings is 1. The van der Waals surface area contributed by atoms with Gasteiger partial charge in [0.15, 0.2) is 11.6 Å². The number of nitrogens with one attached hydrogen (secondary N) is 1. The van der Waals surface area contributed by atoms with Crippen LogP contribution in [-0.2, 0) is 20.7 Å². The predicted octanol–water partition coefficient (Wildman–Crippen LogP) is 2.42. The van der Waals surface area contributed by atoms with Crippen LogP contribution in [0.25, 0.3) is 4.96 Å². The van der Waals surface area contributed by atoms with Crippen molar-refractivity contribution in [2.75, 3.05) is 6.61 Å². The van der Waals surface area contributed by atoms with Gasteiger partial charge in [0.05, 0.1) is 12.1 Å². The molecule has 0 aliphatic heterocycles. The second-order valence-electron chi connectivity index (χ2n) is 6.60. The maximum absolute atomic E-state index is 12.0. The molecule has 2 aromatic rings. The maximum atomic E-state index is 12.0. The third-order valence-corrected chi connectivity index (χ3v) is 5.66. The third kappa shape index (κ3) is 3.95. The van der Waals surface area contributed by atoms with E-state index in [-0.39, 0.29) is 25.0 Å². The van der Waals surface area contributed by atoms with Crippen LogP contribution < -0.4 is 5.32 Å². The van der Waals surface area contributed by atoms with E-state index in [4.69, 9.17) is 4.74 Å². The van der Waals surface area contributed by atoms with E-state index in [0.717, 1.165) is 17.8 Å². The number of rotatable bonds is 5. The second-order valence-corrected chi connectivity index (χ2v) is 7.48. The van der Waals surface area contributed by atoms with Crippen LogP contribution in [0.4, 0.5) is 0 Å². The van der Waals surface area contributed by atoms with Crippen LogP contribution in [0.15, 0.2) is 17.8 Å². The molecule has 130 valence electrons. The molecule has 1 aliphatic rings. The molecular weight excluding hydrogens is 326 g/mol. The van der Waals surface area contributed by atoms with Gasteiger partial charge in [-0.05, 0) is 18.3 Å². The van der Waals surface area contributed by atoms with Crippen LogP contribution >= 0.6 is 11.3 Å². The smallest absolute Gasteiger partial charge is 0.312 e. The Balaban J connectivity index is 1.43. The van der Waals surface area contributed by atoms with Gasteiger partial charge in [-0.2, -0.15) is 0 Å². The molecule has 0 bridgehead atoms. The number of imidazole rings is 1. The van der Waals surface area contributed by atoms with Gasteiger partial charge >= 0.3 is 5.97 Å². The minimum atomic E-state index is -0.430. The van der Waals surface area contributed by atoms with Crippen LogP contribution in [0.1, 0.15) is 38.8 Å². The summed E-state index contributed by atoms with van der Waals surface area (Å²) in [5, 5.41) is 4.93. The zero-order valence-corrected chi connectivity index (χ0v) is 14.8. The summed E-state index contributed by atoms with van der Waals surface area (Å²) in [7, 11) is 0. The molecule has 1 fully saturated rings. The van der Waals surface area contributed by atoms with E-state index in [2.05, 4.69) is 24.1 Å². The van der Waals surface area contributed by atoms with Crippen molar-refractivity contribution in [3.05, 3.63) is 23.5 Å². The Bertz CT molecular complexity index is 695. The largest absolute Gasteiger partial charge is 0.455 e. The maximum Gasteiger partial charge on any atom is 0.312 e. The lowest BCUT2D eigenvalue weighted by Crippen LogP contribution is -2.45. The van der Waals surface area contributed by atoms with Gasteiger partial charge in [-0.15, -0.1) is 11.3 Å². The van der Waals surface area contributed by atoms with Crippen LogP contribution in [0.3, 0.4) is 0 Å². The second kappa shape index (κ2) is 7.34. The van der Waals surface area contributed by atoms with Crippen molar-refractivity contribution in [1.29, 1.82) is 0 Å². The first-order chi connectivity index (χ1) is 11.5. The number of aromatic nitrogens is 2. The van der Waals surface area contributed by atoms with Crippen molar-refractivity contribution in [2.24, 2.45) is 11.8 Å². The molecule has 2 aromatic heterocycles. The summed E-state index contributed by atoms with van der Waals surface area (Å²) in [5.41, 5.74) is 0.655. The van der Waals surface area contributed by atoms with Crippen molar-refractivity contribution in [3.63, 3.8) is 0 Å². The number of nitrogens with zero attached hydrogens (tertiary/aromatic N) is 2. The van der Waals surface area contributed by atoms with E-state index >= 15 is 0 Å². The Hall–Kier alpha value is -1.89. The first-order valence-electron chi connectivity index (χ1n) is 8.39. The molecule has 0 aromatic carbocycles. The van der Waals surface area contributed by atoms with Crippen molar-refractivity contribution >= 4 is 28.2 Å². The highest BCUT2D eigenvalue weighted by atomic mass is 32.1. The van der Waals surface area contributed by atoms with E-state index in [9.17, 15) is 9.59 Å². The van der Waals surface area contributed by atoms with Gasteiger partial charge in [0.2, 0.25) is 0 Å². The number of hydrogen-bond acceptors (Lipinski definition) is 5. The molecule has 6 nitrogen and oxygen atoms in total. The number of ether oxygens (including phenoxy) is 1. The predicted molar refractivity (Wildman–Crippen MR) is 91.8 cm³/mol. The molecular formula is C17H23N3O3S. The zero-order chi connectivity index (χ0) is 17.1. The van der Waals surface area contributed by atoms with Gasteiger partial charge in [0, 0.05) is 23.8 Å². The zero-order valence-electron chi connectivity index (χ0n) is 14.0. The van der Waals surface area contributed by atoms with Crippen molar-refractivity contribution in [2.45, 2.75) is 45.6 Å². The lowest BCUT2D eigenvalue weighted by Gasteiger charge is -2.34. The summed E-state index contributed by atoms with van der Waals surface area (Å²) in [6.07, 6.45) is 7.12. The van der Waals surface area contributed by atoms with E-state index < -0.39 is 5.97 Å². The molecule has 0 radical (unpaired) electrons. The van der Waals surface area contributed by atoms with Gasteiger partial charge in [-0.25, -0.2) is 4.98 Å². The first-order valence-corrected chi connectivity index (χ1v) is 9.27. The molecule has 1 amide bonds. The molecule has 3 atom stereocenters. The fourth-order valence-corrected chi connectivity index (χ4v) is 3.96. The lowest BCUT2D eigenvalue weighted by atomic mass is 9.78. The van der Waals surface area contributed by atoms with Gasteiger partial charge < -0.3 is 10.1 Å². The summed E-state index contributed by atoms with van der Waals surface area (Å²) in [6.45, 7) is 4.17. The van der Waals surface area contributed by atoms with Crippen LogP contribution in [-0.4, -0.2) is 33.9 Å². The number of esters is 1. The minimum absolute atomic E-state index is 0.0819. The minimum Gasteiger partial charge on any atom is -0.455 e. The number of carbonyl (C=O) groups excluding carboxylic acids is 2. The molecule has 7 heteroatoms. The molecule has 0 spiro atoms. The number of fused-ring (bicyclic) bond motifs is 1. The fraction of sp³-hybridized carbons (Fsp3) is 0.588. The number of hydrogen-bond donors (Lipinski definition) is 1. The van der Waals surface area contributed by atoms with Crippen LogP contribution in [0.2, 0.25) is 0 Å². The first kappa shape index (κ1) is 17.0.